The molecule has 1 heterocycles. The van der Waals surface area contributed by atoms with Crippen LogP contribution in [0, 0.1) is 6.92 Å². The summed E-state index contributed by atoms with van der Waals surface area (Å²) in [5.74, 6) is -0.0218. The normalized spacial score (nSPS) is 11.2. The number of carbonyl (C=O) groups excluding carboxylic acids is 1. The summed E-state index contributed by atoms with van der Waals surface area (Å²) in [6.45, 7) is 1.68. The van der Waals surface area contributed by atoms with Gasteiger partial charge < -0.3 is 14.8 Å². The zero-order valence-corrected chi connectivity index (χ0v) is 12.5. The lowest BCUT2D eigenvalue weighted by Crippen LogP contribution is -2.08. The number of aryl methyl sites for hydroxylation is 1. The lowest BCUT2D eigenvalue weighted by atomic mass is 10.2. The molecular weight excluding hydrogens is 294 g/mol. The molecule has 1 aromatic heterocycles. The van der Waals surface area contributed by atoms with Crippen molar-refractivity contribution >= 4 is 22.5 Å². The van der Waals surface area contributed by atoms with Gasteiger partial charge >= 0.3 is 5.91 Å². The second-order valence-electron chi connectivity index (χ2n) is 5.02. The maximum Gasteiger partial charge on any atom is 0.302 e. The Labute approximate surface area is 132 Å². The van der Waals surface area contributed by atoms with Gasteiger partial charge in [0, 0.05) is 5.39 Å². The Balaban J connectivity index is 1.71. The molecule has 2 N–H and O–H groups in total. The molecule has 0 saturated heterocycles. The Morgan fingerprint density at radius 3 is 2.74 bits per heavy atom. The number of aromatic amines is 1. The first-order valence-electron chi connectivity index (χ1n) is 7.08. The van der Waals surface area contributed by atoms with Crippen LogP contribution in [-0.2, 0) is 4.79 Å². The van der Waals surface area contributed by atoms with Gasteiger partial charge in [-0.15, -0.1) is 10.2 Å². The molecule has 6 heteroatoms. The molecule has 0 aliphatic carbocycles. The zero-order valence-electron chi connectivity index (χ0n) is 12.5. The standard InChI is InChI=1S/C17H15N3O3/c1-11-6-2-5-9-14(11)23-10-15(21)19-20-16-12-7-3-4-8-13(12)18-17(16)22/h2-9,18,22H,10H2,1H3. The number of fused-ring (bicyclic) bond motifs is 1. The largest absolute Gasteiger partial charge is 0.493 e. The molecule has 1 amide bonds. The number of rotatable bonds is 4. The van der Waals surface area contributed by atoms with Gasteiger partial charge in [-0.05, 0) is 24.6 Å². The average Bonchev–Trinajstić information content (AvgIpc) is 2.87. The molecule has 0 aliphatic rings. The third-order valence-corrected chi connectivity index (χ3v) is 3.37. The van der Waals surface area contributed by atoms with Crippen molar-refractivity contribution < 1.29 is 14.6 Å². The average molecular weight is 309 g/mol. The summed E-state index contributed by atoms with van der Waals surface area (Å²) in [5, 5.41) is 18.0. The number of benzene rings is 2. The Morgan fingerprint density at radius 1 is 1.17 bits per heavy atom. The van der Waals surface area contributed by atoms with E-state index in [0.29, 0.717) is 11.1 Å². The molecule has 0 atom stereocenters. The third-order valence-electron chi connectivity index (χ3n) is 3.37. The van der Waals surface area contributed by atoms with Crippen molar-refractivity contribution in [2.45, 2.75) is 6.92 Å². The van der Waals surface area contributed by atoms with E-state index < -0.39 is 5.91 Å². The number of H-pyrrole nitrogens is 1. The number of azo groups is 1. The molecule has 0 saturated carbocycles. The van der Waals surface area contributed by atoms with Crippen LogP contribution in [0.25, 0.3) is 10.9 Å². The van der Waals surface area contributed by atoms with Crippen LogP contribution in [0.4, 0.5) is 5.69 Å². The summed E-state index contributed by atoms with van der Waals surface area (Å²) in [5.41, 5.74) is 1.90. The minimum Gasteiger partial charge on any atom is -0.493 e. The second-order valence-corrected chi connectivity index (χ2v) is 5.02. The minimum absolute atomic E-state index is 0.123. The summed E-state index contributed by atoms with van der Waals surface area (Å²) in [4.78, 5) is 14.6. The first kappa shape index (κ1) is 14.8. The number of hydrogen-bond donors (Lipinski definition) is 2. The molecule has 23 heavy (non-hydrogen) atoms. The number of hydrogen-bond acceptors (Lipinski definition) is 4. The fraction of sp³-hybridized carbons (Fsp3) is 0.118. The summed E-state index contributed by atoms with van der Waals surface area (Å²) in [6, 6.07) is 14.6. The van der Waals surface area contributed by atoms with Crippen LogP contribution < -0.4 is 4.74 Å². The van der Waals surface area contributed by atoms with Crippen LogP contribution in [0.2, 0.25) is 0 Å². The first-order chi connectivity index (χ1) is 11.1. The second kappa shape index (κ2) is 6.31. The van der Waals surface area contributed by atoms with E-state index in [1.807, 2.05) is 37.3 Å². The van der Waals surface area contributed by atoms with E-state index in [9.17, 15) is 9.90 Å². The number of aromatic nitrogens is 1. The van der Waals surface area contributed by atoms with E-state index in [1.165, 1.54) is 0 Å². The number of carbonyl (C=O) groups is 1. The molecule has 0 bridgehead atoms. The van der Waals surface area contributed by atoms with Gasteiger partial charge in [0.25, 0.3) is 0 Å². The van der Waals surface area contributed by atoms with Crippen LogP contribution in [0.15, 0.2) is 58.8 Å². The molecular formula is C17H15N3O3. The first-order valence-corrected chi connectivity index (χ1v) is 7.08. The molecule has 0 unspecified atom stereocenters. The molecule has 2 aromatic carbocycles. The van der Waals surface area contributed by atoms with E-state index >= 15 is 0 Å². The predicted octanol–water partition coefficient (Wildman–Crippen LogP) is 3.87. The van der Waals surface area contributed by atoms with Crippen molar-refractivity contribution in [2.24, 2.45) is 10.2 Å². The van der Waals surface area contributed by atoms with Crippen LogP contribution in [0.1, 0.15) is 5.56 Å². The van der Waals surface area contributed by atoms with Crippen molar-refractivity contribution in [1.29, 1.82) is 0 Å². The van der Waals surface area contributed by atoms with Crippen molar-refractivity contribution in [3.63, 3.8) is 0 Å². The van der Waals surface area contributed by atoms with Crippen LogP contribution in [-0.4, -0.2) is 22.6 Å². The molecule has 3 rings (SSSR count). The number of amides is 1. The van der Waals surface area contributed by atoms with E-state index in [1.54, 1.807) is 18.2 Å². The van der Waals surface area contributed by atoms with Crippen LogP contribution in [0.5, 0.6) is 11.6 Å². The van der Waals surface area contributed by atoms with Crippen molar-refractivity contribution in [3.8, 4) is 11.6 Å². The van der Waals surface area contributed by atoms with Crippen molar-refractivity contribution in [2.75, 3.05) is 6.61 Å². The maximum absolute atomic E-state index is 11.8. The van der Waals surface area contributed by atoms with Gasteiger partial charge in [0.2, 0.25) is 5.88 Å². The summed E-state index contributed by atoms with van der Waals surface area (Å²) < 4.78 is 5.41. The Kier molecular flexibility index (Phi) is 4.05. The molecule has 116 valence electrons. The fourth-order valence-electron chi connectivity index (χ4n) is 2.21. The van der Waals surface area contributed by atoms with Gasteiger partial charge in [-0.1, -0.05) is 36.4 Å². The topological polar surface area (TPSA) is 87.0 Å². The van der Waals surface area contributed by atoms with Crippen LogP contribution >= 0.6 is 0 Å². The van der Waals surface area contributed by atoms with E-state index in [2.05, 4.69) is 15.2 Å². The van der Waals surface area contributed by atoms with Crippen molar-refractivity contribution in [3.05, 3.63) is 54.1 Å². The molecule has 0 radical (unpaired) electrons. The monoisotopic (exact) mass is 309 g/mol. The number of nitrogens with zero attached hydrogens (tertiary/aromatic N) is 2. The molecule has 0 aliphatic heterocycles. The minimum atomic E-state index is -0.530. The molecule has 0 spiro atoms. The Hall–Kier alpha value is -3.15. The number of aromatic hydroxyl groups is 1. The molecule has 6 nitrogen and oxygen atoms in total. The predicted molar refractivity (Wildman–Crippen MR) is 86.2 cm³/mol. The quantitative estimate of drug-likeness (QED) is 0.717. The Bertz CT molecular complexity index is 884. The lowest BCUT2D eigenvalue weighted by Gasteiger charge is -2.05. The third kappa shape index (κ3) is 3.21. The van der Waals surface area contributed by atoms with Gasteiger partial charge in [-0.2, -0.15) is 0 Å². The highest BCUT2D eigenvalue weighted by atomic mass is 16.5. The van der Waals surface area contributed by atoms with Gasteiger partial charge in [0.1, 0.15) is 5.75 Å². The highest BCUT2D eigenvalue weighted by molar-refractivity contribution is 5.94. The van der Waals surface area contributed by atoms with Gasteiger partial charge in [-0.3, -0.25) is 4.79 Å². The smallest absolute Gasteiger partial charge is 0.302 e. The zero-order chi connectivity index (χ0) is 16.2. The summed E-state index contributed by atoms with van der Waals surface area (Å²) in [7, 11) is 0. The van der Waals surface area contributed by atoms with Crippen molar-refractivity contribution in [1.82, 2.24) is 4.98 Å². The van der Waals surface area contributed by atoms with Gasteiger partial charge in [0.15, 0.2) is 12.3 Å². The van der Waals surface area contributed by atoms with Gasteiger partial charge in [0.05, 0.1) is 5.52 Å². The fourth-order valence-corrected chi connectivity index (χ4v) is 2.21. The highest BCUT2D eigenvalue weighted by Crippen LogP contribution is 2.35. The van der Waals surface area contributed by atoms with Crippen LogP contribution in [0.3, 0.4) is 0 Å². The number of nitrogens with one attached hydrogen (secondary N) is 1. The Morgan fingerprint density at radius 2 is 1.91 bits per heavy atom. The summed E-state index contributed by atoms with van der Waals surface area (Å²) >= 11 is 0. The van der Waals surface area contributed by atoms with E-state index in [0.717, 1.165) is 11.1 Å². The molecule has 3 aromatic rings. The number of ether oxygens (including phenoxy) is 1. The number of para-hydroxylation sites is 2. The SMILES string of the molecule is Cc1ccccc1OCC(=O)N=Nc1c(O)[nH]c2ccccc12. The van der Waals surface area contributed by atoms with E-state index in [4.69, 9.17) is 4.74 Å². The lowest BCUT2D eigenvalue weighted by molar-refractivity contribution is -0.120. The highest BCUT2D eigenvalue weighted by Gasteiger charge is 2.10. The maximum atomic E-state index is 11.8. The van der Waals surface area contributed by atoms with E-state index in [-0.39, 0.29) is 18.2 Å². The van der Waals surface area contributed by atoms with Gasteiger partial charge in [-0.25, -0.2) is 0 Å². The summed E-state index contributed by atoms with van der Waals surface area (Å²) in [6.07, 6.45) is 0. The molecule has 0 fully saturated rings.